The topological polar surface area (TPSA) is 71.9 Å². The van der Waals surface area contributed by atoms with E-state index in [9.17, 15) is 0 Å². The molecule has 0 radical (unpaired) electrons. The van der Waals surface area contributed by atoms with Crippen molar-refractivity contribution in [2.45, 2.75) is 0 Å². The fourth-order valence-corrected chi connectivity index (χ4v) is 1.10. The first kappa shape index (κ1) is 9.21. The Bertz CT molecular complexity index is 496. The zero-order chi connectivity index (χ0) is 10.7. The zero-order valence-corrected chi connectivity index (χ0v) is 7.97. The van der Waals surface area contributed by atoms with Crippen LogP contribution in [0.2, 0.25) is 0 Å². The summed E-state index contributed by atoms with van der Waals surface area (Å²) in [7, 11) is 1.45. The Morgan fingerprint density at radius 3 is 2.53 bits per heavy atom. The molecule has 1 aromatic heterocycles. The van der Waals surface area contributed by atoms with Crippen LogP contribution in [0, 0.1) is 11.3 Å². The molecule has 2 rings (SSSR count). The zero-order valence-electron chi connectivity index (χ0n) is 7.97. The third-order valence-corrected chi connectivity index (χ3v) is 1.84. The summed E-state index contributed by atoms with van der Waals surface area (Å²) in [5, 5.41) is 16.1. The van der Waals surface area contributed by atoms with Gasteiger partial charge < -0.3 is 9.15 Å². The van der Waals surface area contributed by atoms with Gasteiger partial charge in [0.15, 0.2) is 0 Å². The SMILES string of the molecule is COc1nnc(-c2ccc(C#N)cc2)o1. The van der Waals surface area contributed by atoms with Crippen molar-refractivity contribution < 1.29 is 9.15 Å². The van der Waals surface area contributed by atoms with Crippen molar-refractivity contribution in [2.75, 3.05) is 7.11 Å². The second-order valence-electron chi connectivity index (χ2n) is 2.77. The summed E-state index contributed by atoms with van der Waals surface area (Å²) in [6.45, 7) is 0. The molecule has 0 spiro atoms. The lowest BCUT2D eigenvalue weighted by molar-refractivity contribution is 0.293. The molecule has 0 aliphatic carbocycles. The van der Waals surface area contributed by atoms with Gasteiger partial charge in [-0.3, -0.25) is 0 Å². The van der Waals surface area contributed by atoms with E-state index >= 15 is 0 Å². The number of hydrogen-bond acceptors (Lipinski definition) is 5. The van der Waals surface area contributed by atoms with Gasteiger partial charge in [-0.05, 0) is 24.3 Å². The lowest BCUT2D eigenvalue weighted by Gasteiger charge is -1.93. The minimum Gasteiger partial charge on any atom is -0.452 e. The molecule has 0 aliphatic rings. The average Bonchev–Trinajstić information content (AvgIpc) is 2.78. The van der Waals surface area contributed by atoms with Crippen LogP contribution in [-0.2, 0) is 0 Å². The Morgan fingerprint density at radius 1 is 1.27 bits per heavy atom. The molecule has 0 saturated heterocycles. The third-order valence-electron chi connectivity index (χ3n) is 1.84. The Labute approximate surface area is 85.9 Å². The van der Waals surface area contributed by atoms with Gasteiger partial charge in [-0.15, -0.1) is 5.10 Å². The van der Waals surface area contributed by atoms with E-state index in [4.69, 9.17) is 14.4 Å². The van der Waals surface area contributed by atoms with Crippen molar-refractivity contribution in [3.8, 4) is 23.6 Å². The summed E-state index contributed by atoms with van der Waals surface area (Å²) in [5.41, 5.74) is 1.34. The van der Waals surface area contributed by atoms with Gasteiger partial charge in [0, 0.05) is 5.56 Å². The molecule has 0 amide bonds. The van der Waals surface area contributed by atoms with Gasteiger partial charge in [0.2, 0.25) is 0 Å². The van der Waals surface area contributed by atoms with Crippen LogP contribution in [0.25, 0.3) is 11.5 Å². The smallest absolute Gasteiger partial charge is 0.414 e. The van der Waals surface area contributed by atoms with Crippen molar-refractivity contribution in [2.24, 2.45) is 0 Å². The molecule has 0 aliphatic heterocycles. The van der Waals surface area contributed by atoms with Crippen LogP contribution in [-0.4, -0.2) is 17.3 Å². The Hall–Kier alpha value is -2.35. The van der Waals surface area contributed by atoms with Gasteiger partial charge in [-0.1, -0.05) is 5.10 Å². The number of hydrogen-bond donors (Lipinski definition) is 0. The maximum atomic E-state index is 8.62. The van der Waals surface area contributed by atoms with E-state index in [-0.39, 0.29) is 6.08 Å². The number of nitriles is 1. The van der Waals surface area contributed by atoms with E-state index in [0.717, 1.165) is 5.56 Å². The van der Waals surface area contributed by atoms with E-state index in [1.807, 2.05) is 6.07 Å². The molecular formula is C10H7N3O2. The molecular weight excluding hydrogens is 194 g/mol. The third kappa shape index (κ3) is 1.79. The summed E-state index contributed by atoms with van der Waals surface area (Å²) in [4.78, 5) is 0. The predicted molar refractivity (Wildman–Crippen MR) is 51.0 cm³/mol. The predicted octanol–water partition coefficient (Wildman–Crippen LogP) is 1.62. The van der Waals surface area contributed by atoms with Crippen LogP contribution in [0.3, 0.4) is 0 Å². The number of ether oxygens (including phenoxy) is 1. The second-order valence-corrected chi connectivity index (χ2v) is 2.77. The van der Waals surface area contributed by atoms with E-state index < -0.39 is 0 Å². The molecule has 2 aromatic rings. The van der Waals surface area contributed by atoms with Crippen molar-refractivity contribution in [1.29, 1.82) is 5.26 Å². The van der Waals surface area contributed by atoms with Crippen molar-refractivity contribution in [3.05, 3.63) is 29.8 Å². The first-order valence-corrected chi connectivity index (χ1v) is 4.21. The maximum absolute atomic E-state index is 8.62. The Morgan fingerprint density at radius 2 is 2.00 bits per heavy atom. The first-order chi connectivity index (χ1) is 7.33. The molecule has 15 heavy (non-hydrogen) atoms. The largest absolute Gasteiger partial charge is 0.452 e. The van der Waals surface area contributed by atoms with E-state index in [2.05, 4.69) is 10.2 Å². The molecule has 0 atom stereocenters. The number of nitrogens with zero attached hydrogens (tertiary/aromatic N) is 3. The summed E-state index contributed by atoms with van der Waals surface area (Å²) < 4.78 is 9.93. The monoisotopic (exact) mass is 201 g/mol. The van der Waals surface area contributed by atoms with Crippen LogP contribution in [0.1, 0.15) is 5.56 Å². The Balaban J connectivity index is 2.33. The van der Waals surface area contributed by atoms with Crippen LogP contribution in [0.15, 0.2) is 28.7 Å². The van der Waals surface area contributed by atoms with Crippen molar-refractivity contribution in [1.82, 2.24) is 10.2 Å². The molecule has 0 bridgehead atoms. The highest BCUT2D eigenvalue weighted by atomic mass is 16.6. The fourth-order valence-electron chi connectivity index (χ4n) is 1.10. The molecule has 0 unspecified atom stereocenters. The minimum absolute atomic E-state index is 0.120. The van der Waals surface area contributed by atoms with Crippen molar-refractivity contribution >= 4 is 0 Å². The molecule has 1 heterocycles. The normalized spacial score (nSPS) is 9.60. The number of rotatable bonds is 2. The van der Waals surface area contributed by atoms with Crippen LogP contribution < -0.4 is 4.74 Å². The maximum Gasteiger partial charge on any atom is 0.414 e. The van der Waals surface area contributed by atoms with Crippen LogP contribution in [0.4, 0.5) is 0 Å². The highest BCUT2D eigenvalue weighted by molar-refractivity contribution is 5.54. The molecule has 74 valence electrons. The highest BCUT2D eigenvalue weighted by Crippen LogP contribution is 2.20. The second kappa shape index (κ2) is 3.80. The minimum atomic E-state index is 0.120. The highest BCUT2D eigenvalue weighted by Gasteiger charge is 2.07. The van der Waals surface area contributed by atoms with E-state index in [1.54, 1.807) is 24.3 Å². The summed E-state index contributed by atoms with van der Waals surface area (Å²) in [6.07, 6.45) is 0.120. The molecule has 5 nitrogen and oxygen atoms in total. The van der Waals surface area contributed by atoms with E-state index in [1.165, 1.54) is 7.11 Å². The molecule has 0 fully saturated rings. The summed E-state index contributed by atoms with van der Waals surface area (Å²) in [6, 6.07) is 8.89. The van der Waals surface area contributed by atoms with Crippen LogP contribution in [0.5, 0.6) is 6.08 Å². The fraction of sp³-hybridized carbons (Fsp3) is 0.100. The first-order valence-electron chi connectivity index (χ1n) is 4.21. The molecule has 1 aromatic carbocycles. The number of methoxy groups -OCH3 is 1. The number of aromatic nitrogens is 2. The lowest BCUT2D eigenvalue weighted by atomic mass is 10.1. The lowest BCUT2D eigenvalue weighted by Crippen LogP contribution is -1.79. The van der Waals surface area contributed by atoms with Crippen molar-refractivity contribution in [3.63, 3.8) is 0 Å². The number of benzene rings is 1. The van der Waals surface area contributed by atoms with E-state index in [0.29, 0.717) is 11.5 Å². The van der Waals surface area contributed by atoms with Gasteiger partial charge in [-0.25, -0.2) is 0 Å². The van der Waals surface area contributed by atoms with Gasteiger partial charge >= 0.3 is 6.08 Å². The summed E-state index contributed by atoms with van der Waals surface area (Å²) >= 11 is 0. The molecule has 0 N–H and O–H groups in total. The standard InChI is InChI=1S/C10H7N3O2/c1-14-10-13-12-9(15-10)8-4-2-7(6-11)3-5-8/h2-5H,1H3. The van der Waals surface area contributed by atoms with Gasteiger partial charge in [0.1, 0.15) is 0 Å². The van der Waals surface area contributed by atoms with Gasteiger partial charge in [0.25, 0.3) is 5.89 Å². The Kier molecular flexibility index (Phi) is 2.33. The van der Waals surface area contributed by atoms with Crippen LogP contribution >= 0.6 is 0 Å². The van der Waals surface area contributed by atoms with Gasteiger partial charge in [0.05, 0.1) is 18.7 Å². The van der Waals surface area contributed by atoms with Gasteiger partial charge in [-0.2, -0.15) is 5.26 Å². The average molecular weight is 201 g/mol. The quantitative estimate of drug-likeness (QED) is 0.738. The molecule has 0 saturated carbocycles. The molecule has 5 heteroatoms. The summed E-state index contributed by atoms with van der Waals surface area (Å²) in [5.74, 6) is 0.372.